The molecule has 1 unspecified atom stereocenters. The lowest BCUT2D eigenvalue weighted by Crippen LogP contribution is -2.19. The lowest BCUT2D eigenvalue weighted by molar-refractivity contribution is 0.486. The van der Waals surface area contributed by atoms with Crippen molar-refractivity contribution in [2.75, 3.05) is 12.4 Å². The summed E-state index contributed by atoms with van der Waals surface area (Å²) in [5.41, 5.74) is 4.76. The number of fused-ring (bicyclic) bond motifs is 1. The van der Waals surface area contributed by atoms with E-state index in [-0.39, 0.29) is 5.92 Å². The van der Waals surface area contributed by atoms with Gasteiger partial charge in [0.05, 0.1) is 11.9 Å². The Morgan fingerprint density at radius 1 is 1.33 bits per heavy atom. The van der Waals surface area contributed by atoms with Crippen molar-refractivity contribution >= 4 is 22.7 Å². The van der Waals surface area contributed by atoms with Gasteiger partial charge in [-0.2, -0.15) is 0 Å². The molecule has 0 spiro atoms. The van der Waals surface area contributed by atoms with Crippen molar-refractivity contribution in [2.45, 2.75) is 41.0 Å². The molecule has 7 heteroatoms. The number of hydrazine groups is 1. The second kappa shape index (κ2) is 11.1. The fourth-order valence-electron chi connectivity index (χ4n) is 3.03. The van der Waals surface area contributed by atoms with Crippen LogP contribution in [0.3, 0.4) is 0 Å². The fourth-order valence-corrected chi connectivity index (χ4v) is 3.03. The zero-order chi connectivity index (χ0) is 22.1. The van der Waals surface area contributed by atoms with Gasteiger partial charge in [0, 0.05) is 49.2 Å². The van der Waals surface area contributed by atoms with Crippen LogP contribution in [0.25, 0.3) is 11.2 Å². The predicted molar refractivity (Wildman–Crippen MR) is 127 cm³/mol. The van der Waals surface area contributed by atoms with E-state index in [0.29, 0.717) is 5.82 Å². The normalized spacial score (nSPS) is 17.8. The number of nitrogens with one attached hydrogen (secondary N) is 1. The molecule has 0 saturated heterocycles. The van der Waals surface area contributed by atoms with Crippen LogP contribution in [-0.2, 0) is 0 Å². The molecule has 0 bridgehead atoms. The Morgan fingerprint density at radius 2 is 2.10 bits per heavy atom. The number of nitrogens with zero attached hydrogens (tertiary/aromatic N) is 5. The lowest BCUT2D eigenvalue weighted by Gasteiger charge is -2.16. The van der Waals surface area contributed by atoms with E-state index in [4.69, 9.17) is 5.84 Å². The molecule has 0 amide bonds. The first-order chi connectivity index (χ1) is 14.5. The maximum absolute atomic E-state index is 5.73. The summed E-state index contributed by atoms with van der Waals surface area (Å²) >= 11 is 0. The third-order valence-electron chi connectivity index (χ3n) is 4.39. The van der Waals surface area contributed by atoms with Gasteiger partial charge in [0.25, 0.3) is 0 Å². The number of aliphatic imine (C=N–C) groups is 1. The van der Waals surface area contributed by atoms with E-state index < -0.39 is 0 Å². The Kier molecular flexibility index (Phi) is 8.55. The van der Waals surface area contributed by atoms with E-state index in [2.05, 4.69) is 40.2 Å². The van der Waals surface area contributed by atoms with Gasteiger partial charge in [0.1, 0.15) is 0 Å². The first-order valence-corrected chi connectivity index (χ1v) is 10.4. The maximum Gasteiger partial charge on any atom is 0.180 e. The summed E-state index contributed by atoms with van der Waals surface area (Å²) in [6, 6.07) is 0. The SMILES string of the molecule is CC.CC/C=C\N=C1C=CC(Nc2nccn3c(/C(C)=C/N(C)N)cnc23)=CC1C. The number of rotatable bonds is 6. The molecule has 2 aromatic heterocycles. The molecule has 0 aromatic carbocycles. The molecule has 0 aliphatic heterocycles. The Morgan fingerprint density at radius 3 is 2.77 bits per heavy atom. The Hall–Kier alpha value is -3.19. The molecule has 2 aromatic rings. The largest absolute Gasteiger partial charge is 0.337 e. The number of hydrogen-bond acceptors (Lipinski definition) is 6. The van der Waals surface area contributed by atoms with Crippen molar-refractivity contribution in [2.24, 2.45) is 16.8 Å². The molecule has 0 saturated carbocycles. The van der Waals surface area contributed by atoms with Crippen molar-refractivity contribution in [3.05, 3.63) is 66.7 Å². The molecule has 0 radical (unpaired) electrons. The van der Waals surface area contributed by atoms with Crippen LogP contribution in [-0.4, -0.2) is 32.1 Å². The number of nitrogens with two attached hydrogens (primary N) is 1. The van der Waals surface area contributed by atoms with Crippen LogP contribution in [0.2, 0.25) is 0 Å². The summed E-state index contributed by atoms with van der Waals surface area (Å²) in [4.78, 5) is 13.5. The van der Waals surface area contributed by atoms with E-state index in [1.807, 2.05) is 68.2 Å². The zero-order valence-electron chi connectivity index (χ0n) is 18.8. The van der Waals surface area contributed by atoms with Crippen LogP contribution in [0, 0.1) is 5.92 Å². The van der Waals surface area contributed by atoms with E-state index >= 15 is 0 Å². The van der Waals surface area contributed by atoms with Crippen LogP contribution in [0.5, 0.6) is 0 Å². The van der Waals surface area contributed by atoms with Crippen LogP contribution in [0.4, 0.5) is 5.82 Å². The smallest absolute Gasteiger partial charge is 0.180 e. The molecule has 160 valence electrons. The average Bonchev–Trinajstić information content (AvgIpc) is 3.16. The number of hydrogen-bond donors (Lipinski definition) is 2. The van der Waals surface area contributed by atoms with Crippen LogP contribution >= 0.6 is 0 Å². The van der Waals surface area contributed by atoms with Crippen molar-refractivity contribution in [3.8, 4) is 0 Å². The van der Waals surface area contributed by atoms with Gasteiger partial charge in [-0.25, -0.2) is 15.8 Å². The molecule has 0 fully saturated rings. The molecule has 1 atom stereocenters. The first-order valence-electron chi connectivity index (χ1n) is 10.4. The molecule has 2 heterocycles. The number of allylic oxidation sites excluding steroid dienone is 5. The van der Waals surface area contributed by atoms with Gasteiger partial charge < -0.3 is 10.3 Å². The molecule has 7 nitrogen and oxygen atoms in total. The lowest BCUT2D eigenvalue weighted by atomic mass is 9.99. The minimum Gasteiger partial charge on any atom is -0.337 e. The summed E-state index contributed by atoms with van der Waals surface area (Å²) in [6.45, 7) is 10.2. The summed E-state index contributed by atoms with van der Waals surface area (Å²) in [6.07, 6.45) is 18.4. The van der Waals surface area contributed by atoms with Crippen LogP contribution in [0.15, 0.2) is 66.0 Å². The van der Waals surface area contributed by atoms with E-state index in [0.717, 1.165) is 34.7 Å². The second-order valence-corrected chi connectivity index (χ2v) is 6.81. The van der Waals surface area contributed by atoms with Crippen molar-refractivity contribution in [1.29, 1.82) is 0 Å². The van der Waals surface area contributed by atoms with Gasteiger partial charge in [-0.15, -0.1) is 0 Å². The van der Waals surface area contributed by atoms with E-state index in [1.54, 1.807) is 13.2 Å². The number of anilines is 1. The van der Waals surface area contributed by atoms with Gasteiger partial charge in [-0.3, -0.25) is 9.39 Å². The quantitative estimate of drug-likeness (QED) is 0.531. The second-order valence-electron chi connectivity index (χ2n) is 6.81. The van der Waals surface area contributed by atoms with Crippen molar-refractivity contribution in [1.82, 2.24) is 19.4 Å². The molecular weight excluding hydrogens is 374 g/mol. The standard InChI is InChI=1S/C21H27N7.C2H6/c1-5-6-9-23-18-8-7-17(12-15(18)2)26-20-21-25-13-19(16(3)14-27(4)22)28(21)11-10-24-20;1-2/h6-15H,5,22H2,1-4H3,(H,24,26);1-2H3/b9-6-,16-14+,23-18?;. The monoisotopic (exact) mass is 407 g/mol. The highest BCUT2D eigenvalue weighted by molar-refractivity contribution is 6.00. The van der Waals surface area contributed by atoms with Crippen LogP contribution < -0.4 is 11.2 Å². The highest BCUT2D eigenvalue weighted by atomic mass is 15.4. The summed E-state index contributed by atoms with van der Waals surface area (Å²) in [7, 11) is 1.79. The summed E-state index contributed by atoms with van der Waals surface area (Å²) in [5.74, 6) is 6.66. The van der Waals surface area contributed by atoms with Crippen LogP contribution in [0.1, 0.15) is 46.7 Å². The number of imidazole rings is 1. The zero-order valence-corrected chi connectivity index (χ0v) is 18.8. The van der Waals surface area contributed by atoms with Gasteiger partial charge in [-0.1, -0.05) is 39.8 Å². The third-order valence-corrected chi connectivity index (χ3v) is 4.39. The minimum atomic E-state index is 0.217. The Labute approximate surface area is 179 Å². The Balaban J connectivity index is 0.00000155. The molecule has 1 aliphatic rings. The first kappa shape index (κ1) is 23.1. The molecule has 1 aliphatic carbocycles. The van der Waals surface area contributed by atoms with Gasteiger partial charge >= 0.3 is 0 Å². The fraction of sp³-hybridized carbons (Fsp3) is 0.348. The molecule has 30 heavy (non-hydrogen) atoms. The highest BCUT2D eigenvalue weighted by Crippen LogP contribution is 2.22. The Bertz CT molecular complexity index is 990. The van der Waals surface area contributed by atoms with Crippen molar-refractivity contribution < 1.29 is 0 Å². The average molecular weight is 408 g/mol. The maximum atomic E-state index is 5.73. The van der Waals surface area contributed by atoms with Gasteiger partial charge in [0.15, 0.2) is 11.5 Å². The van der Waals surface area contributed by atoms with E-state index in [9.17, 15) is 0 Å². The minimum absolute atomic E-state index is 0.217. The number of aromatic nitrogens is 3. The molecule has 3 N–H and O–H groups in total. The molecule has 3 rings (SSSR count). The van der Waals surface area contributed by atoms with Gasteiger partial charge in [-0.05, 0) is 31.1 Å². The predicted octanol–water partition coefficient (Wildman–Crippen LogP) is 4.79. The summed E-state index contributed by atoms with van der Waals surface area (Å²) < 4.78 is 2.00. The highest BCUT2D eigenvalue weighted by Gasteiger charge is 2.14. The van der Waals surface area contributed by atoms with E-state index in [1.165, 1.54) is 5.01 Å². The van der Waals surface area contributed by atoms with Crippen molar-refractivity contribution in [3.63, 3.8) is 0 Å². The summed E-state index contributed by atoms with van der Waals surface area (Å²) in [5, 5.41) is 4.92. The van der Waals surface area contributed by atoms with Gasteiger partial charge in [0.2, 0.25) is 0 Å². The third kappa shape index (κ3) is 5.67. The molecular formula is C23H33N7. The topological polar surface area (TPSA) is 83.8 Å².